The quantitative estimate of drug-likeness (QED) is 0.325. The third kappa shape index (κ3) is 6.39. The van der Waals surface area contributed by atoms with Gasteiger partial charge < -0.3 is 24.6 Å². The highest BCUT2D eigenvalue weighted by Gasteiger charge is 2.32. The summed E-state index contributed by atoms with van der Waals surface area (Å²) in [5.74, 6) is 0.0662. The van der Waals surface area contributed by atoms with E-state index in [1.807, 2.05) is 26.8 Å². The van der Waals surface area contributed by atoms with Crippen LogP contribution in [-0.2, 0) is 18.6 Å². The first kappa shape index (κ1) is 28.7. The number of anilines is 1. The average Bonchev–Trinajstić information content (AvgIpc) is 3.63. The van der Waals surface area contributed by atoms with Gasteiger partial charge in [-0.3, -0.25) is 9.48 Å². The number of likely N-dealkylation sites (tertiary alicyclic amines) is 1. The lowest BCUT2D eigenvalue weighted by molar-refractivity contribution is -0.139. The first-order valence-corrected chi connectivity index (χ1v) is 13.6. The minimum atomic E-state index is -4.47. The van der Waals surface area contributed by atoms with E-state index in [4.69, 9.17) is 4.52 Å². The Bertz CT molecular complexity index is 1530. The second-order valence-electron chi connectivity index (χ2n) is 11.8. The molecule has 1 aliphatic rings. The van der Waals surface area contributed by atoms with Crippen LogP contribution >= 0.6 is 0 Å². The van der Waals surface area contributed by atoms with Gasteiger partial charge in [-0.25, -0.2) is 0 Å². The minimum Gasteiger partial charge on any atom is -0.381 e. The summed E-state index contributed by atoms with van der Waals surface area (Å²) in [6, 6.07) is 7.15. The summed E-state index contributed by atoms with van der Waals surface area (Å²) in [4.78, 5) is 19.2. The topological polar surface area (TPSA) is 106 Å². The number of hydrogen-bond acceptors (Lipinski definition) is 7. The molecule has 3 aromatic heterocycles. The molecule has 2 atom stereocenters. The van der Waals surface area contributed by atoms with Gasteiger partial charge in [-0.15, -0.1) is 0 Å². The van der Waals surface area contributed by atoms with Crippen LogP contribution in [-0.4, -0.2) is 67.7 Å². The number of amides is 1. The van der Waals surface area contributed by atoms with Crippen molar-refractivity contribution in [2.75, 3.05) is 25.5 Å². The third-order valence-corrected chi connectivity index (χ3v) is 7.36. The molecule has 0 spiro atoms. The van der Waals surface area contributed by atoms with E-state index in [0.29, 0.717) is 22.4 Å². The molecular formula is C28H35F3N8O2. The maximum Gasteiger partial charge on any atom is 0.406 e. The average molecular weight is 573 g/mol. The lowest BCUT2D eigenvalue weighted by Crippen LogP contribution is -2.43. The van der Waals surface area contributed by atoms with E-state index in [1.165, 1.54) is 6.20 Å². The summed E-state index contributed by atoms with van der Waals surface area (Å²) in [5, 5.41) is 15.1. The lowest BCUT2D eigenvalue weighted by Gasteiger charge is -2.36. The molecule has 0 aliphatic carbocycles. The van der Waals surface area contributed by atoms with Crippen molar-refractivity contribution in [3.8, 4) is 11.5 Å². The minimum absolute atomic E-state index is 0.00820. The zero-order chi connectivity index (χ0) is 29.5. The molecule has 4 aromatic rings. The molecule has 1 aliphatic heterocycles. The van der Waals surface area contributed by atoms with E-state index in [1.54, 1.807) is 29.1 Å². The fourth-order valence-electron chi connectivity index (χ4n) is 5.21. The summed E-state index contributed by atoms with van der Waals surface area (Å²) < 4.78 is 49.2. The first-order valence-electron chi connectivity index (χ1n) is 13.6. The zero-order valence-corrected chi connectivity index (χ0v) is 23.8. The Kier molecular flexibility index (Phi) is 7.58. The highest BCUT2D eigenvalue weighted by Crippen LogP contribution is 2.35. The van der Waals surface area contributed by atoms with Gasteiger partial charge in [-0.05, 0) is 64.9 Å². The van der Waals surface area contributed by atoms with Crippen LogP contribution in [0.1, 0.15) is 50.4 Å². The standard InChI is InChI=1S/C28H35F3N8O2/c1-17-14-37(5)10-9-20(17)34-21-7-6-8-22-19(21)11-23(38(22)16-28(29,30)31)25-35-24(41-36-25)13-32-26(40)18-12-33-39(15-18)27(2,3)4/h6-8,11-12,15,17,20,34H,9-10,13-14,16H2,1-5H3,(H,32,40)/t17-,20+/m0/s1. The second-order valence-corrected chi connectivity index (χ2v) is 11.8. The van der Waals surface area contributed by atoms with Crippen LogP contribution < -0.4 is 10.6 Å². The van der Waals surface area contributed by atoms with Crippen molar-refractivity contribution in [3.63, 3.8) is 0 Å². The molecule has 1 aromatic carbocycles. The number of alkyl halides is 3. The number of benzene rings is 1. The third-order valence-electron chi connectivity index (χ3n) is 7.36. The van der Waals surface area contributed by atoms with Crippen molar-refractivity contribution in [1.82, 2.24) is 34.7 Å². The van der Waals surface area contributed by atoms with Crippen LogP contribution in [0.15, 0.2) is 41.2 Å². The highest BCUT2D eigenvalue weighted by molar-refractivity contribution is 5.96. The summed E-state index contributed by atoms with van der Waals surface area (Å²) >= 11 is 0. The monoisotopic (exact) mass is 572 g/mol. The van der Waals surface area contributed by atoms with Gasteiger partial charge in [0.25, 0.3) is 5.91 Å². The highest BCUT2D eigenvalue weighted by atomic mass is 19.4. The van der Waals surface area contributed by atoms with E-state index < -0.39 is 12.7 Å². The van der Waals surface area contributed by atoms with Gasteiger partial charge in [-0.2, -0.15) is 23.3 Å². The van der Waals surface area contributed by atoms with E-state index in [0.717, 1.165) is 29.8 Å². The number of carbonyl (C=O) groups excluding carboxylic acids is 1. The van der Waals surface area contributed by atoms with E-state index in [9.17, 15) is 18.0 Å². The summed E-state index contributed by atoms with van der Waals surface area (Å²) in [6.07, 6.45) is -0.429. The van der Waals surface area contributed by atoms with Gasteiger partial charge in [0, 0.05) is 29.9 Å². The molecule has 220 valence electrons. The van der Waals surface area contributed by atoms with Gasteiger partial charge in [-0.1, -0.05) is 18.1 Å². The number of carbonyl (C=O) groups is 1. The Balaban J connectivity index is 1.40. The van der Waals surface area contributed by atoms with Crippen molar-refractivity contribution in [3.05, 3.63) is 48.1 Å². The van der Waals surface area contributed by atoms with Crippen LogP contribution in [0.3, 0.4) is 0 Å². The summed E-state index contributed by atoms with van der Waals surface area (Å²) in [5.41, 5.74) is 1.44. The number of aromatic nitrogens is 5. The molecule has 0 unspecified atom stereocenters. The molecule has 2 N–H and O–H groups in total. The number of rotatable bonds is 7. The van der Waals surface area contributed by atoms with Crippen LogP contribution in [0.2, 0.25) is 0 Å². The molecule has 5 rings (SSSR count). The molecule has 1 fully saturated rings. The Labute approximate surface area is 235 Å². The predicted molar refractivity (Wildman–Crippen MR) is 148 cm³/mol. The predicted octanol–water partition coefficient (Wildman–Crippen LogP) is 4.89. The molecule has 4 heterocycles. The molecular weight excluding hydrogens is 537 g/mol. The summed E-state index contributed by atoms with van der Waals surface area (Å²) in [6.45, 7) is 8.65. The van der Waals surface area contributed by atoms with Crippen LogP contribution in [0.5, 0.6) is 0 Å². The van der Waals surface area contributed by atoms with E-state index in [-0.39, 0.29) is 41.4 Å². The Morgan fingerprint density at radius 1 is 1.22 bits per heavy atom. The van der Waals surface area contributed by atoms with E-state index in [2.05, 4.69) is 44.7 Å². The fraction of sp³-hybridized carbons (Fsp3) is 0.500. The number of piperidine rings is 1. The van der Waals surface area contributed by atoms with Gasteiger partial charge in [0.05, 0.1) is 35.1 Å². The number of fused-ring (bicyclic) bond motifs is 1. The maximum absolute atomic E-state index is 13.7. The molecule has 13 heteroatoms. The van der Waals surface area contributed by atoms with Crippen molar-refractivity contribution in [2.45, 2.75) is 65.0 Å². The molecule has 1 amide bonds. The molecule has 0 bridgehead atoms. The molecule has 0 saturated carbocycles. The SMILES string of the molecule is C[C@H]1CN(C)CC[C@H]1Nc1cccc2c1cc(-c1noc(CNC(=O)c3cnn(C(C)(C)C)c3)n1)n2CC(F)(F)F. The van der Waals surface area contributed by atoms with Gasteiger partial charge in [0.15, 0.2) is 0 Å². The van der Waals surface area contributed by atoms with Crippen molar-refractivity contribution >= 4 is 22.5 Å². The Morgan fingerprint density at radius 2 is 2.00 bits per heavy atom. The molecule has 10 nitrogen and oxygen atoms in total. The van der Waals surface area contributed by atoms with Crippen molar-refractivity contribution in [2.24, 2.45) is 5.92 Å². The molecule has 1 saturated heterocycles. The summed E-state index contributed by atoms with van der Waals surface area (Å²) in [7, 11) is 2.09. The van der Waals surface area contributed by atoms with Crippen LogP contribution in [0.25, 0.3) is 22.4 Å². The largest absolute Gasteiger partial charge is 0.406 e. The Hall–Kier alpha value is -3.87. The normalized spacial score (nSPS) is 18.6. The lowest BCUT2D eigenvalue weighted by atomic mass is 9.94. The maximum atomic E-state index is 13.7. The smallest absolute Gasteiger partial charge is 0.381 e. The van der Waals surface area contributed by atoms with Gasteiger partial charge in [0.2, 0.25) is 11.7 Å². The second kappa shape index (κ2) is 10.8. The number of nitrogens with zero attached hydrogens (tertiary/aromatic N) is 6. The molecule has 0 radical (unpaired) electrons. The fourth-order valence-corrected chi connectivity index (χ4v) is 5.21. The number of halogens is 3. The van der Waals surface area contributed by atoms with Crippen molar-refractivity contribution in [1.29, 1.82) is 0 Å². The van der Waals surface area contributed by atoms with E-state index >= 15 is 0 Å². The van der Waals surface area contributed by atoms with Gasteiger partial charge >= 0.3 is 6.18 Å². The van der Waals surface area contributed by atoms with Crippen LogP contribution in [0.4, 0.5) is 18.9 Å². The van der Waals surface area contributed by atoms with Crippen molar-refractivity contribution < 1.29 is 22.5 Å². The number of hydrogen-bond donors (Lipinski definition) is 2. The molecule has 41 heavy (non-hydrogen) atoms. The number of nitrogens with one attached hydrogen (secondary N) is 2. The zero-order valence-electron chi connectivity index (χ0n) is 23.8. The Morgan fingerprint density at radius 3 is 2.68 bits per heavy atom. The first-order chi connectivity index (χ1) is 19.3. The van der Waals surface area contributed by atoms with Crippen LogP contribution in [0, 0.1) is 5.92 Å². The van der Waals surface area contributed by atoms with Gasteiger partial charge in [0.1, 0.15) is 6.54 Å².